The molecule has 3 nitrogen and oxygen atoms in total. The second-order valence-corrected chi connectivity index (χ2v) is 7.74. The fourth-order valence-electron chi connectivity index (χ4n) is 4.06. The van der Waals surface area contributed by atoms with Crippen molar-refractivity contribution in [2.75, 3.05) is 19.6 Å². The van der Waals surface area contributed by atoms with Gasteiger partial charge in [0.1, 0.15) is 0 Å². The highest BCUT2D eigenvalue weighted by atomic mass is 16.5. The number of likely N-dealkylation sites (tertiary alicyclic amines) is 1. The normalized spacial score (nSPS) is 15.9. The molecule has 3 aromatic rings. The lowest BCUT2D eigenvalue weighted by molar-refractivity contribution is 0.211. The van der Waals surface area contributed by atoms with Gasteiger partial charge in [0.05, 0.1) is 5.69 Å². The number of piperidine rings is 1. The maximum atomic E-state index is 5.74. The Balaban J connectivity index is 1.36. The zero-order chi connectivity index (χ0) is 18.6. The molecular weight excluding hydrogens is 332 g/mol. The maximum Gasteiger partial charge on any atom is 0.170 e. The predicted molar refractivity (Wildman–Crippen MR) is 110 cm³/mol. The van der Waals surface area contributed by atoms with E-state index in [2.05, 4.69) is 78.5 Å². The van der Waals surface area contributed by atoms with Gasteiger partial charge in [0, 0.05) is 23.6 Å². The van der Waals surface area contributed by atoms with Crippen LogP contribution in [0.5, 0.6) is 0 Å². The second kappa shape index (κ2) is 8.10. The Labute approximate surface area is 162 Å². The van der Waals surface area contributed by atoms with Crippen molar-refractivity contribution in [3.63, 3.8) is 0 Å². The summed E-state index contributed by atoms with van der Waals surface area (Å²) >= 11 is 0. The van der Waals surface area contributed by atoms with Crippen molar-refractivity contribution in [1.82, 2.24) is 10.1 Å². The van der Waals surface area contributed by atoms with Gasteiger partial charge in [-0.1, -0.05) is 65.3 Å². The first-order valence-corrected chi connectivity index (χ1v) is 10.00. The molecule has 0 bridgehead atoms. The molecule has 27 heavy (non-hydrogen) atoms. The third kappa shape index (κ3) is 4.14. The van der Waals surface area contributed by atoms with Crippen LogP contribution < -0.4 is 0 Å². The summed E-state index contributed by atoms with van der Waals surface area (Å²) in [6.45, 7) is 7.69. The van der Waals surface area contributed by atoms with Gasteiger partial charge >= 0.3 is 0 Å². The average molecular weight is 361 g/mol. The van der Waals surface area contributed by atoms with E-state index in [1.807, 2.05) is 0 Å². The summed E-state index contributed by atoms with van der Waals surface area (Å²) in [6, 6.07) is 19.3. The molecule has 0 aliphatic carbocycles. The Morgan fingerprint density at radius 1 is 0.963 bits per heavy atom. The van der Waals surface area contributed by atoms with Gasteiger partial charge in [0.25, 0.3) is 0 Å². The first kappa shape index (κ1) is 18.0. The van der Waals surface area contributed by atoms with Crippen molar-refractivity contribution in [3.8, 4) is 11.3 Å². The minimum Gasteiger partial charge on any atom is -0.356 e. The van der Waals surface area contributed by atoms with Crippen LogP contribution in [-0.2, 0) is 6.42 Å². The van der Waals surface area contributed by atoms with Gasteiger partial charge in [-0.3, -0.25) is 0 Å². The van der Waals surface area contributed by atoms with E-state index in [0.717, 1.165) is 55.9 Å². The molecule has 140 valence electrons. The zero-order valence-corrected chi connectivity index (χ0v) is 16.3. The van der Waals surface area contributed by atoms with E-state index in [9.17, 15) is 0 Å². The zero-order valence-electron chi connectivity index (χ0n) is 16.3. The molecule has 0 unspecified atom stereocenters. The topological polar surface area (TPSA) is 29.3 Å². The summed E-state index contributed by atoms with van der Waals surface area (Å²) in [6.07, 6.45) is 3.46. The predicted octanol–water partition coefficient (Wildman–Crippen LogP) is 5.38. The Hall–Kier alpha value is -2.39. The van der Waals surface area contributed by atoms with Crippen molar-refractivity contribution < 1.29 is 4.52 Å². The van der Waals surface area contributed by atoms with Crippen LogP contribution in [0.25, 0.3) is 11.3 Å². The third-order valence-electron chi connectivity index (χ3n) is 5.81. The van der Waals surface area contributed by atoms with Crippen LogP contribution in [-0.4, -0.2) is 29.7 Å². The summed E-state index contributed by atoms with van der Waals surface area (Å²) in [4.78, 5) is 2.58. The molecule has 1 saturated heterocycles. The first-order valence-electron chi connectivity index (χ1n) is 10.00. The van der Waals surface area contributed by atoms with Gasteiger partial charge in [-0.15, -0.1) is 0 Å². The molecule has 1 aliphatic rings. The van der Waals surface area contributed by atoms with Crippen LogP contribution in [0.3, 0.4) is 0 Å². The van der Waals surface area contributed by atoms with Crippen LogP contribution in [0.1, 0.15) is 41.1 Å². The van der Waals surface area contributed by atoms with Gasteiger partial charge in [0.15, 0.2) is 5.76 Å². The molecule has 0 N–H and O–H groups in total. The summed E-state index contributed by atoms with van der Waals surface area (Å²) < 4.78 is 5.74. The number of aryl methyl sites for hydroxylation is 1. The van der Waals surface area contributed by atoms with Gasteiger partial charge in [0.2, 0.25) is 0 Å². The molecule has 3 heteroatoms. The largest absolute Gasteiger partial charge is 0.356 e. The summed E-state index contributed by atoms with van der Waals surface area (Å²) in [7, 11) is 0. The minimum atomic E-state index is 0.515. The van der Waals surface area contributed by atoms with Gasteiger partial charge < -0.3 is 9.42 Å². The lowest BCUT2D eigenvalue weighted by atomic mass is 9.90. The molecule has 1 aromatic heterocycles. The number of nitrogens with zero attached hydrogens (tertiary/aromatic N) is 2. The second-order valence-electron chi connectivity index (χ2n) is 7.74. The van der Waals surface area contributed by atoms with Gasteiger partial charge in [-0.2, -0.15) is 0 Å². The van der Waals surface area contributed by atoms with E-state index in [4.69, 9.17) is 4.52 Å². The standard InChI is InChI=1S/C24H28N2O/c1-18-8-10-22(11-9-18)24-19(2)23(25-27-24)21-13-16-26(17-14-21)15-12-20-6-4-3-5-7-20/h3-11,21H,12-17H2,1-2H3. The molecule has 0 saturated carbocycles. The Kier molecular flexibility index (Phi) is 5.40. The number of hydrogen-bond donors (Lipinski definition) is 0. The van der Waals surface area contributed by atoms with E-state index in [1.165, 1.54) is 16.7 Å². The molecule has 2 aromatic carbocycles. The molecular formula is C24H28N2O. The Morgan fingerprint density at radius 3 is 2.37 bits per heavy atom. The molecule has 1 fully saturated rings. The van der Waals surface area contributed by atoms with E-state index in [1.54, 1.807) is 0 Å². The van der Waals surface area contributed by atoms with Gasteiger partial charge in [-0.05, 0) is 51.8 Å². The average Bonchev–Trinajstić information content (AvgIpc) is 3.09. The quantitative estimate of drug-likeness (QED) is 0.612. The number of rotatable bonds is 5. The Bertz CT molecular complexity index is 859. The number of hydrogen-bond acceptors (Lipinski definition) is 3. The van der Waals surface area contributed by atoms with Crippen LogP contribution >= 0.6 is 0 Å². The van der Waals surface area contributed by atoms with Crippen LogP contribution in [0.2, 0.25) is 0 Å². The molecule has 4 rings (SSSR count). The molecule has 0 amide bonds. The SMILES string of the molecule is Cc1ccc(-c2onc(C3CCN(CCc4ccccc4)CC3)c2C)cc1. The fourth-order valence-corrected chi connectivity index (χ4v) is 4.06. The highest BCUT2D eigenvalue weighted by Gasteiger charge is 2.26. The summed E-state index contributed by atoms with van der Waals surface area (Å²) in [5.74, 6) is 1.44. The van der Waals surface area contributed by atoms with E-state index in [0.29, 0.717) is 5.92 Å². The summed E-state index contributed by atoms with van der Waals surface area (Å²) in [5, 5.41) is 4.46. The van der Waals surface area contributed by atoms with Crippen LogP contribution in [0, 0.1) is 13.8 Å². The molecule has 0 atom stereocenters. The monoisotopic (exact) mass is 360 g/mol. The van der Waals surface area contributed by atoms with Gasteiger partial charge in [-0.25, -0.2) is 0 Å². The van der Waals surface area contributed by atoms with E-state index in [-0.39, 0.29) is 0 Å². The molecule has 2 heterocycles. The number of benzene rings is 2. The smallest absolute Gasteiger partial charge is 0.170 e. The summed E-state index contributed by atoms with van der Waals surface area (Å²) in [5.41, 5.74) is 6.18. The molecule has 1 aliphatic heterocycles. The highest BCUT2D eigenvalue weighted by Crippen LogP contribution is 2.34. The number of aromatic nitrogens is 1. The molecule has 0 radical (unpaired) electrons. The van der Waals surface area contributed by atoms with Crippen LogP contribution in [0.4, 0.5) is 0 Å². The lowest BCUT2D eigenvalue weighted by Gasteiger charge is -2.31. The maximum absolute atomic E-state index is 5.74. The third-order valence-corrected chi connectivity index (χ3v) is 5.81. The van der Waals surface area contributed by atoms with Crippen molar-refractivity contribution in [2.45, 2.75) is 39.0 Å². The molecule has 0 spiro atoms. The van der Waals surface area contributed by atoms with Crippen molar-refractivity contribution in [2.24, 2.45) is 0 Å². The van der Waals surface area contributed by atoms with Crippen LogP contribution in [0.15, 0.2) is 59.1 Å². The van der Waals surface area contributed by atoms with Crippen molar-refractivity contribution in [3.05, 3.63) is 77.0 Å². The fraction of sp³-hybridized carbons (Fsp3) is 0.375. The van der Waals surface area contributed by atoms with E-state index < -0.39 is 0 Å². The highest BCUT2D eigenvalue weighted by molar-refractivity contribution is 5.62. The Morgan fingerprint density at radius 2 is 1.67 bits per heavy atom. The minimum absolute atomic E-state index is 0.515. The first-order chi connectivity index (χ1) is 13.2. The lowest BCUT2D eigenvalue weighted by Crippen LogP contribution is -2.34. The van der Waals surface area contributed by atoms with Crippen molar-refractivity contribution >= 4 is 0 Å². The van der Waals surface area contributed by atoms with E-state index >= 15 is 0 Å². The van der Waals surface area contributed by atoms with Crippen molar-refractivity contribution in [1.29, 1.82) is 0 Å².